The van der Waals surface area contributed by atoms with E-state index in [-0.39, 0.29) is 16.8 Å². The quantitative estimate of drug-likeness (QED) is 0.670. The van der Waals surface area contributed by atoms with Gasteiger partial charge in [-0.25, -0.2) is 0 Å². The summed E-state index contributed by atoms with van der Waals surface area (Å²) in [4.78, 5) is 23.7. The second kappa shape index (κ2) is 5.73. The largest absolute Gasteiger partial charge is 0.468 e. The third kappa shape index (κ3) is 2.30. The molecular formula is C13H14N4O3S2. The molecule has 0 fully saturated rings. The molecule has 1 unspecified atom stereocenters. The zero-order chi connectivity index (χ0) is 15.9. The Kier molecular flexibility index (Phi) is 3.92. The van der Waals surface area contributed by atoms with Crippen molar-refractivity contribution in [2.24, 2.45) is 7.05 Å². The van der Waals surface area contributed by atoms with Gasteiger partial charge in [-0.15, -0.1) is 33.3 Å². The lowest BCUT2D eigenvalue weighted by molar-refractivity contribution is -0.139. The van der Waals surface area contributed by atoms with E-state index < -0.39 is 0 Å². The second-order valence-corrected chi connectivity index (χ2v) is 6.97. The summed E-state index contributed by atoms with van der Waals surface area (Å²) in [5.74, 6) is 1.43. The van der Waals surface area contributed by atoms with Crippen molar-refractivity contribution in [3.05, 3.63) is 27.6 Å². The minimum absolute atomic E-state index is 0.0768. The average molecular weight is 338 g/mol. The molecule has 3 aromatic rings. The predicted octanol–water partition coefficient (Wildman–Crippen LogP) is 1.44. The van der Waals surface area contributed by atoms with Crippen molar-refractivity contribution < 1.29 is 9.53 Å². The van der Waals surface area contributed by atoms with E-state index in [9.17, 15) is 9.59 Å². The molecule has 0 saturated heterocycles. The zero-order valence-electron chi connectivity index (χ0n) is 12.3. The molecule has 0 bridgehead atoms. The number of aryl methyl sites for hydroxylation is 1. The van der Waals surface area contributed by atoms with Gasteiger partial charge in [0.2, 0.25) is 5.78 Å². The minimum Gasteiger partial charge on any atom is -0.468 e. The van der Waals surface area contributed by atoms with Gasteiger partial charge in [0, 0.05) is 7.05 Å². The van der Waals surface area contributed by atoms with E-state index in [1.165, 1.54) is 34.8 Å². The van der Waals surface area contributed by atoms with Crippen LogP contribution in [-0.4, -0.2) is 37.5 Å². The van der Waals surface area contributed by atoms with Gasteiger partial charge in [-0.3, -0.25) is 18.6 Å². The molecule has 0 saturated carbocycles. The number of hydrogen-bond acceptors (Lipinski definition) is 7. The van der Waals surface area contributed by atoms with Crippen LogP contribution in [0.1, 0.15) is 12.7 Å². The van der Waals surface area contributed by atoms with Gasteiger partial charge < -0.3 is 4.74 Å². The van der Waals surface area contributed by atoms with Gasteiger partial charge in [0.05, 0.1) is 18.4 Å². The normalized spacial score (nSPS) is 12.9. The van der Waals surface area contributed by atoms with E-state index in [4.69, 9.17) is 4.74 Å². The van der Waals surface area contributed by atoms with Crippen molar-refractivity contribution in [3.8, 4) is 0 Å². The van der Waals surface area contributed by atoms with Crippen LogP contribution in [0.3, 0.4) is 0 Å². The molecule has 22 heavy (non-hydrogen) atoms. The molecule has 0 spiro atoms. The second-order valence-electron chi connectivity index (χ2n) is 4.73. The Hall–Kier alpha value is -1.87. The maximum Gasteiger partial charge on any atom is 0.318 e. The number of rotatable bonds is 4. The SMILES string of the molecule is COC(=O)C(C)SCc1nnc2n(C)c(=O)c3sccc3n12. The summed E-state index contributed by atoms with van der Waals surface area (Å²) in [6.07, 6.45) is 0. The third-order valence-corrected chi connectivity index (χ3v) is 5.40. The van der Waals surface area contributed by atoms with E-state index in [1.54, 1.807) is 14.0 Å². The molecule has 0 aliphatic carbocycles. The fourth-order valence-electron chi connectivity index (χ4n) is 2.18. The van der Waals surface area contributed by atoms with Crippen LogP contribution in [0.5, 0.6) is 0 Å². The molecule has 0 aliphatic rings. The maximum absolute atomic E-state index is 12.2. The number of aromatic nitrogens is 4. The number of fused-ring (bicyclic) bond motifs is 3. The Morgan fingerprint density at radius 1 is 1.50 bits per heavy atom. The predicted molar refractivity (Wildman–Crippen MR) is 86.4 cm³/mol. The Bertz CT molecular complexity index is 911. The summed E-state index contributed by atoms with van der Waals surface area (Å²) < 4.78 is 8.74. The highest BCUT2D eigenvalue weighted by molar-refractivity contribution is 7.99. The molecule has 0 aromatic carbocycles. The van der Waals surface area contributed by atoms with Crippen molar-refractivity contribution in [2.45, 2.75) is 17.9 Å². The highest BCUT2D eigenvalue weighted by atomic mass is 32.2. The Morgan fingerprint density at radius 3 is 3.00 bits per heavy atom. The van der Waals surface area contributed by atoms with Crippen LogP contribution < -0.4 is 5.56 Å². The van der Waals surface area contributed by atoms with Crippen molar-refractivity contribution in [3.63, 3.8) is 0 Å². The van der Waals surface area contributed by atoms with E-state index in [1.807, 2.05) is 15.8 Å². The highest BCUT2D eigenvalue weighted by Crippen LogP contribution is 2.22. The fraction of sp³-hybridized carbons (Fsp3) is 0.385. The number of ether oxygens (including phenoxy) is 1. The van der Waals surface area contributed by atoms with Crippen molar-refractivity contribution in [1.82, 2.24) is 19.2 Å². The van der Waals surface area contributed by atoms with Gasteiger partial charge >= 0.3 is 5.97 Å². The monoisotopic (exact) mass is 338 g/mol. The average Bonchev–Trinajstić information content (AvgIpc) is 3.15. The van der Waals surface area contributed by atoms with Crippen LogP contribution in [0, 0.1) is 0 Å². The first-order valence-corrected chi connectivity index (χ1v) is 8.47. The topological polar surface area (TPSA) is 78.5 Å². The number of hydrogen-bond donors (Lipinski definition) is 0. The summed E-state index contributed by atoms with van der Waals surface area (Å²) in [5.41, 5.74) is 0.724. The van der Waals surface area contributed by atoms with E-state index in [0.29, 0.717) is 22.1 Å². The molecule has 0 radical (unpaired) electrons. The number of carbonyl (C=O) groups is 1. The maximum atomic E-state index is 12.2. The van der Waals surface area contributed by atoms with Crippen LogP contribution in [0.25, 0.3) is 16.0 Å². The number of thioether (sulfide) groups is 1. The minimum atomic E-state index is -0.289. The van der Waals surface area contributed by atoms with E-state index in [2.05, 4.69) is 10.2 Å². The van der Waals surface area contributed by atoms with Crippen LogP contribution in [0.15, 0.2) is 16.2 Å². The molecule has 0 aliphatic heterocycles. The van der Waals surface area contributed by atoms with Crippen molar-refractivity contribution in [2.75, 3.05) is 7.11 Å². The zero-order valence-corrected chi connectivity index (χ0v) is 13.9. The molecule has 1 atom stereocenters. The molecule has 0 amide bonds. The molecule has 3 heterocycles. The number of methoxy groups -OCH3 is 1. The summed E-state index contributed by atoms with van der Waals surface area (Å²) in [5, 5.41) is 9.86. The number of thiophene rings is 1. The van der Waals surface area contributed by atoms with Crippen LogP contribution in [0.2, 0.25) is 0 Å². The summed E-state index contributed by atoms with van der Waals surface area (Å²) >= 11 is 2.82. The molecule has 3 aromatic heterocycles. The van der Waals surface area contributed by atoms with E-state index in [0.717, 1.165) is 5.52 Å². The van der Waals surface area contributed by atoms with Gasteiger partial charge in [-0.2, -0.15) is 0 Å². The Labute approximate surface area is 133 Å². The lowest BCUT2D eigenvalue weighted by atomic mass is 10.4. The van der Waals surface area contributed by atoms with Gasteiger partial charge in [0.15, 0.2) is 0 Å². The number of carbonyl (C=O) groups excluding carboxylic acids is 1. The molecular weight excluding hydrogens is 324 g/mol. The first-order chi connectivity index (χ1) is 10.5. The van der Waals surface area contributed by atoms with Gasteiger partial charge in [0.1, 0.15) is 15.8 Å². The molecule has 7 nitrogen and oxygen atoms in total. The van der Waals surface area contributed by atoms with Crippen LogP contribution in [0.4, 0.5) is 0 Å². The summed E-state index contributed by atoms with van der Waals surface area (Å²) in [6.45, 7) is 1.79. The van der Waals surface area contributed by atoms with Crippen molar-refractivity contribution in [1.29, 1.82) is 0 Å². The lowest BCUT2D eigenvalue weighted by Crippen LogP contribution is -2.19. The first kappa shape index (κ1) is 15.0. The molecule has 0 N–H and O–H groups in total. The summed E-state index contributed by atoms with van der Waals surface area (Å²) in [6, 6.07) is 1.88. The van der Waals surface area contributed by atoms with Gasteiger partial charge in [-0.05, 0) is 18.4 Å². The van der Waals surface area contributed by atoms with Crippen LogP contribution in [-0.2, 0) is 22.3 Å². The van der Waals surface area contributed by atoms with Crippen molar-refractivity contribution >= 4 is 45.1 Å². The first-order valence-electron chi connectivity index (χ1n) is 6.54. The number of esters is 1. The van der Waals surface area contributed by atoms with Crippen LogP contribution >= 0.6 is 23.1 Å². The third-order valence-electron chi connectivity index (χ3n) is 3.39. The highest BCUT2D eigenvalue weighted by Gasteiger charge is 2.18. The summed E-state index contributed by atoms with van der Waals surface area (Å²) in [7, 11) is 3.05. The standard InChI is InChI=1S/C13H14N4O3S2/c1-7(12(19)20-3)22-6-9-14-15-13-16(2)11(18)10-8(17(9)13)4-5-21-10/h4-5,7H,6H2,1-3H3. The number of nitrogens with zero attached hydrogens (tertiary/aromatic N) is 4. The fourth-order valence-corrected chi connectivity index (χ4v) is 3.85. The van der Waals surface area contributed by atoms with Gasteiger partial charge in [-0.1, -0.05) is 0 Å². The van der Waals surface area contributed by atoms with Gasteiger partial charge in [0.25, 0.3) is 5.56 Å². The molecule has 116 valence electrons. The smallest absolute Gasteiger partial charge is 0.318 e. The lowest BCUT2D eigenvalue weighted by Gasteiger charge is -2.08. The Morgan fingerprint density at radius 2 is 2.27 bits per heavy atom. The molecule has 3 rings (SSSR count). The molecule has 9 heteroatoms. The van der Waals surface area contributed by atoms with E-state index >= 15 is 0 Å². The Balaban J connectivity index is 2.05.